The zero-order chi connectivity index (χ0) is 18.6. The summed E-state index contributed by atoms with van der Waals surface area (Å²) < 4.78 is 1.93. The molecular weight excluding hydrogens is 314 g/mol. The highest BCUT2D eigenvalue weighted by molar-refractivity contribution is 5.73. The third-order valence-electron chi connectivity index (χ3n) is 4.36. The van der Waals surface area contributed by atoms with E-state index in [0.717, 1.165) is 22.6 Å². The Morgan fingerprint density at radius 1 is 1.24 bits per heavy atom. The molecule has 1 N–H and O–H groups in total. The molecule has 0 bridgehead atoms. The van der Waals surface area contributed by atoms with Crippen LogP contribution in [0.25, 0.3) is 5.69 Å². The van der Waals surface area contributed by atoms with Crippen LogP contribution in [0, 0.1) is 13.8 Å². The SMILES string of the molecule is Cc1cc(C)n(-c2cccc(CN(C)C(=O)NC[C@@H](C)N(C)C)c2)n1. The van der Waals surface area contributed by atoms with Crippen molar-refractivity contribution in [3.8, 4) is 5.69 Å². The normalized spacial score (nSPS) is 12.3. The molecule has 2 rings (SSSR count). The highest BCUT2D eigenvalue weighted by Gasteiger charge is 2.12. The molecule has 0 radical (unpaired) electrons. The van der Waals surface area contributed by atoms with E-state index in [1.165, 1.54) is 0 Å². The van der Waals surface area contributed by atoms with E-state index in [0.29, 0.717) is 19.1 Å². The zero-order valence-corrected chi connectivity index (χ0v) is 16.1. The van der Waals surface area contributed by atoms with Gasteiger partial charge in [-0.05, 0) is 58.6 Å². The van der Waals surface area contributed by atoms with E-state index in [4.69, 9.17) is 0 Å². The molecule has 6 heteroatoms. The fourth-order valence-corrected chi connectivity index (χ4v) is 2.58. The molecule has 1 heterocycles. The zero-order valence-electron chi connectivity index (χ0n) is 16.1. The molecule has 0 unspecified atom stereocenters. The summed E-state index contributed by atoms with van der Waals surface area (Å²) in [4.78, 5) is 16.0. The van der Waals surface area contributed by atoms with Crippen molar-refractivity contribution in [2.45, 2.75) is 33.4 Å². The number of aryl methyl sites for hydroxylation is 2. The Labute approximate surface area is 150 Å². The van der Waals surface area contributed by atoms with E-state index in [9.17, 15) is 4.79 Å². The fraction of sp³-hybridized carbons (Fsp3) is 0.474. The Balaban J connectivity index is 2.01. The largest absolute Gasteiger partial charge is 0.336 e. The summed E-state index contributed by atoms with van der Waals surface area (Å²) in [6.45, 7) is 7.29. The summed E-state index contributed by atoms with van der Waals surface area (Å²) in [7, 11) is 5.82. The second-order valence-corrected chi connectivity index (χ2v) is 6.86. The summed E-state index contributed by atoms with van der Waals surface area (Å²) in [6.07, 6.45) is 0. The summed E-state index contributed by atoms with van der Waals surface area (Å²) in [6, 6.07) is 10.4. The lowest BCUT2D eigenvalue weighted by Crippen LogP contribution is -2.43. The van der Waals surface area contributed by atoms with Crippen LogP contribution in [0.2, 0.25) is 0 Å². The van der Waals surface area contributed by atoms with Gasteiger partial charge in [-0.2, -0.15) is 5.10 Å². The summed E-state index contributed by atoms with van der Waals surface area (Å²) in [5, 5.41) is 7.49. The van der Waals surface area contributed by atoms with Gasteiger partial charge in [0, 0.05) is 31.9 Å². The molecule has 0 aliphatic carbocycles. The second kappa shape index (κ2) is 8.16. The predicted octanol–water partition coefficient (Wildman–Crippen LogP) is 2.58. The maximum absolute atomic E-state index is 12.3. The molecule has 2 amide bonds. The van der Waals surface area contributed by atoms with E-state index in [-0.39, 0.29) is 6.03 Å². The fourth-order valence-electron chi connectivity index (χ4n) is 2.58. The number of nitrogens with one attached hydrogen (secondary N) is 1. The number of likely N-dealkylation sites (N-methyl/N-ethyl adjacent to an activating group) is 1. The molecule has 0 spiro atoms. The molecule has 0 saturated heterocycles. The molecule has 0 fully saturated rings. The van der Waals surface area contributed by atoms with E-state index in [1.54, 1.807) is 4.90 Å². The van der Waals surface area contributed by atoms with Gasteiger partial charge in [0.25, 0.3) is 0 Å². The van der Waals surface area contributed by atoms with E-state index < -0.39 is 0 Å². The van der Waals surface area contributed by atoms with Gasteiger partial charge in [-0.3, -0.25) is 0 Å². The number of benzene rings is 1. The van der Waals surface area contributed by atoms with Crippen LogP contribution in [0.15, 0.2) is 30.3 Å². The first-order valence-electron chi connectivity index (χ1n) is 8.56. The third-order valence-corrected chi connectivity index (χ3v) is 4.36. The van der Waals surface area contributed by atoms with Gasteiger partial charge in [0.05, 0.1) is 11.4 Å². The third kappa shape index (κ3) is 5.06. The van der Waals surface area contributed by atoms with Crippen LogP contribution in [-0.4, -0.2) is 59.3 Å². The highest BCUT2D eigenvalue weighted by Crippen LogP contribution is 2.15. The van der Waals surface area contributed by atoms with Crippen molar-refractivity contribution in [3.05, 3.63) is 47.3 Å². The van der Waals surface area contributed by atoms with Gasteiger partial charge in [0.15, 0.2) is 0 Å². The molecular formula is C19H29N5O. The molecule has 0 aliphatic rings. The standard InChI is InChI=1S/C19H29N5O/c1-14-10-15(2)24(21-14)18-9-7-8-17(11-18)13-23(6)19(25)20-12-16(3)22(4)5/h7-11,16H,12-13H2,1-6H3,(H,20,25)/t16-/m1/s1. The van der Waals surface area contributed by atoms with Gasteiger partial charge in [-0.15, -0.1) is 0 Å². The minimum Gasteiger partial charge on any atom is -0.336 e. The maximum Gasteiger partial charge on any atom is 0.317 e. The van der Waals surface area contributed by atoms with Crippen LogP contribution in [0.1, 0.15) is 23.9 Å². The van der Waals surface area contributed by atoms with Crippen molar-refractivity contribution in [2.75, 3.05) is 27.7 Å². The Hall–Kier alpha value is -2.34. The molecule has 1 aromatic heterocycles. The first kappa shape index (κ1) is 19.0. The summed E-state index contributed by atoms with van der Waals surface area (Å²) in [5.74, 6) is 0. The van der Waals surface area contributed by atoms with Crippen LogP contribution >= 0.6 is 0 Å². The Kier molecular flexibility index (Phi) is 6.20. The topological polar surface area (TPSA) is 53.4 Å². The molecule has 0 saturated carbocycles. The van der Waals surface area contributed by atoms with Crippen LogP contribution < -0.4 is 5.32 Å². The Morgan fingerprint density at radius 2 is 1.96 bits per heavy atom. The number of hydrogen-bond donors (Lipinski definition) is 1. The average Bonchev–Trinajstić information content (AvgIpc) is 2.90. The number of hydrogen-bond acceptors (Lipinski definition) is 3. The van der Waals surface area contributed by atoms with Crippen molar-refractivity contribution in [1.82, 2.24) is 24.9 Å². The number of carbonyl (C=O) groups excluding carboxylic acids is 1. The van der Waals surface area contributed by atoms with Gasteiger partial charge >= 0.3 is 6.03 Å². The van der Waals surface area contributed by atoms with Crippen molar-refractivity contribution in [1.29, 1.82) is 0 Å². The lowest BCUT2D eigenvalue weighted by atomic mass is 10.2. The number of carbonyl (C=O) groups is 1. The van der Waals surface area contributed by atoms with E-state index in [1.807, 2.05) is 57.9 Å². The minimum atomic E-state index is -0.0646. The van der Waals surface area contributed by atoms with E-state index in [2.05, 4.69) is 34.4 Å². The average molecular weight is 343 g/mol. The van der Waals surface area contributed by atoms with Crippen LogP contribution in [0.4, 0.5) is 4.79 Å². The van der Waals surface area contributed by atoms with Gasteiger partial charge in [0.2, 0.25) is 0 Å². The van der Waals surface area contributed by atoms with Crippen LogP contribution in [-0.2, 0) is 6.54 Å². The molecule has 136 valence electrons. The lowest BCUT2D eigenvalue weighted by molar-refractivity contribution is 0.202. The second-order valence-electron chi connectivity index (χ2n) is 6.86. The van der Waals surface area contributed by atoms with Crippen molar-refractivity contribution >= 4 is 6.03 Å². The molecule has 6 nitrogen and oxygen atoms in total. The molecule has 25 heavy (non-hydrogen) atoms. The predicted molar refractivity (Wildman–Crippen MR) is 101 cm³/mol. The van der Waals surface area contributed by atoms with Gasteiger partial charge in [0.1, 0.15) is 0 Å². The van der Waals surface area contributed by atoms with Crippen LogP contribution in [0.3, 0.4) is 0 Å². The van der Waals surface area contributed by atoms with Gasteiger partial charge in [-0.25, -0.2) is 9.48 Å². The Morgan fingerprint density at radius 3 is 2.56 bits per heavy atom. The molecule has 2 aromatic rings. The quantitative estimate of drug-likeness (QED) is 0.877. The highest BCUT2D eigenvalue weighted by atomic mass is 16.2. The number of rotatable bonds is 6. The van der Waals surface area contributed by atoms with Crippen molar-refractivity contribution in [3.63, 3.8) is 0 Å². The first-order chi connectivity index (χ1) is 11.8. The first-order valence-corrected chi connectivity index (χ1v) is 8.56. The number of urea groups is 1. The maximum atomic E-state index is 12.3. The number of aromatic nitrogens is 2. The van der Waals surface area contributed by atoms with Crippen molar-refractivity contribution in [2.24, 2.45) is 0 Å². The monoisotopic (exact) mass is 343 g/mol. The smallest absolute Gasteiger partial charge is 0.317 e. The lowest BCUT2D eigenvalue weighted by Gasteiger charge is -2.23. The number of amides is 2. The van der Waals surface area contributed by atoms with E-state index >= 15 is 0 Å². The van der Waals surface area contributed by atoms with Crippen LogP contribution in [0.5, 0.6) is 0 Å². The van der Waals surface area contributed by atoms with Crippen molar-refractivity contribution < 1.29 is 4.79 Å². The van der Waals surface area contributed by atoms with Gasteiger partial charge < -0.3 is 15.1 Å². The van der Waals surface area contributed by atoms with Gasteiger partial charge in [-0.1, -0.05) is 12.1 Å². The summed E-state index contributed by atoms with van der Waals surface area (Å²) >= 11 is 0. The minimum absolute atomic E-state index is 0.0646. The molecule has 1 aromatic carbocycles. The molecule has 1 atom stereocenters. The Bertz CT molecular complexity index is 722. The number of nitrogens with zero attached hydrogens (tertiary/aromatic N) is 4. The summed E-state index contributed by atoms with van der Waals surface area (Å²) in [5.41, 5.74) is 4.18. The molecule has 0 aliphatic heterocycles.